The Morgan fingerprint density at radius 2 is 2.00 bits per heavy atom. The summed E-state index contributed by atoms with van der Waals surface area (Å²) in [6.45, 7) is 1.02. The molecule has 0 aromatic heterocycles. The standard InChI is InChI=1S/C5H9NO.C3H9N/c7-4-5-2-1-3-6-5;1-4(2)3/h4-6H,1-3H2;1-3H3. The van der Waals surface area contributed by atoms with Gasteiger partial charge in [-0.05, 0) is 40.5 Å². The topological polar surface area (TPSA) is 32.3 Å². The van der Waals surface area contributed by atoms with Gasteiger partial charge in [-0.15, -0.1) is 0 Å². The van der Waals surface area contributed by atoms with Gasteiger partial charge in [-0.2, -0.15) is 0 Å². The number of aldehydes is 1. The van der Waals surface area contributed by atoms with Crippen LogP contribution in [0, 0.1) is 0 Å². The average Bonchev–Trinajstić information content (AvgIpc) is 2.36. The molecule has 11 heavy (non-hydrogen) atoms. The minimum absolute atomic E-state index is 0.167. The lowest BCUT2D eigenvalue weighted by molar-refractivity contribution is -0.109. The van der Waals surface area contributed by atoms with Crippen molar-refractivity contribution in [2.24, 2.45) is 0 Å². The number of hydrogen-bond donors (Lipinski definition) is 1. The minimum Gasteiger partial charge on any atom is -0.312 e. The van der Waals surface area contributed by atoms with E-state index in [9.17, 15) is 4.79 Å². The third kappa shape index (κ3) is 7.49. The van der Waals surface area contributed by atoms with Gasteiger partial charge in [0.2, 0.25) is 0 Å². The quantitative estimate of drug-likeness (QED) is 0.550. The summed E-state index contributed by atoms with van der Waals surface area (Å²) in [5.41, 5.74) is 0. The van der Waals surface area contributed by atoms with Gasteiger partial charge in [0.1, 0.15) is 6.29 Å². The lowest BCUT2D eigenvalue weighted by Gasteiger charge is -1.93. The molecule has 0 radical (unpaired) electrons. The molecule has 1 aliphatic heterocycles. The summed E-state index contributed by atoms with van der Waals surface area (Å²) in [5, 5.41) is 3.04. The highest BCUT2D eigenvalue weighted by Crippen LogP contribution is 2.00. The number of nitrogens with zero attached hydrogens (tertiary/aromatic N) is 1. The van der Waals surface area contributed by atoms with E-state index in [1.165, 1.54) is 0 Å². The molecular formula is C8H18N2O. The van der Waals surface area contributed by atoms with Crippen molar-refractivity contribution in [2.45, 2.75) is 18.9 Å². The maximum absolute atomic E-state index is 9.94. The van der Waals surface area contributed by atoms with E-state index in [4.69, 9.17) is 0 Å². The Balaban J connectivity index is 0.000000218. The highest BCUT2D eigenvalue weighted by atomic mass is 16.1. The van der Waals surface area contributed by atoms with Crippen LogP contribution in [0.4, 0.5) is 0 Å². The first-order valence-electron chi connectivity index (χ1n) is 3.96. The van der Waals surface area contributed by atoms with Crippen LogP contribution in [0.25, 0.3) is 0 Å². The van der Waals surface area contributed by atoms with E-state index in [1.807, 2.05) is 26.0 Å². The Labute approximate surface area is 68.8 Å². The number of hydrogen-bond acceptors (Lipinski definition) is 3. The third-order valence-corrected chi connectivity index (χ3v) is 1.26. The third-order valence-electron chi connectivity index (χ3n) is 1.26. The van der Waals surface area contributed by atoms with Crippen LogP contribution in [0.5, 0.6) is 0 Å². The molecule has 1 saturated heterocycles. The fourth-order valence-electron chi connectivity index (χ4n) is 0.828. The van der Waals surface area contributed by atoms with Gasteiger partial charge in [0.15, 0.2) is 0 Å². The second-order valence-electron chi connectivity index (χ2n) is 3.18. The SMILES string of the molecule is CN(C)C.O=CC1CCCN1. The van der Waals surface area contributed by atoms with E-state index >= 15 is 0 Å². The van der Waals surface area contributed by atoms with E-state index in [-0.39, 0.29) is 6.04 Å². The number of nitrogens with one attached hydrogen (secondary N) is 1. The predicted octanol–water partition coefficient (Wildman–Crippen LogP) is 0.115. The zero-order chi connectivity index (χ0) is 8.69. The summed E-state index contributed by atoms with van der Waals surface area (Å²) < 4.78 is 0. The van der Waals surface area contributed by atoms with Crippen molar-refractivity contribution in [3.05, 3.63) is 0 Å². The molecule has 0 aliphatic carbocycles. The van der Waals surface area contributed by atoms with Crippen molar-refractivity contribution in [3.8, 4) is 0 Å². The van der Waals surface area contributed by atoms with Crippen molar-refractivity contribution in [3.63, 3.8) is 0 Å². The van der Waals surface area contributed by atoms with E-state index in [2.05, 4.69) is 5.32 Å². The lowest BCUT2D eigenvalue weighted by atomic mass is 10.2. The second kappa shape index (κ2) is 6.31. The maximum Gasteiger partial charge on any atom is 0.136 e. The molecule has 0 aromatic carbocycles. The first-order chi connectivity index (χ1) is 5.16. The molecule has 0 amide bonds. The van der Waals surface area contributed by atoms with Crippen molar-refractivity contribution >= 4 is 6.29 Å². The van der Waals surface area contributed by atoms with Crippen LogP contribution in [0.3, 0.4) is 0 Å². The molecule has 1 atom stereocenters. The van der Waals surface area contributed by atoms with Gasteiger partial charge in [0.25, 0.3) is 0 Å². The molecule has 66 valence electrons. The molecule has 0 saturated carbocycles. The first kappa shape index (κ1) is 10.6. The monoisotopic (exact) mass is 158 g/mol. The Kier molecular flexibility index (Phi) is 6.07. The van der Waals surface area contributed by atoms with Gasteiger partial charge in [-0.1, -0.05) is 0 Å². The van der Waals surface area contributed by atoms with Gasteiger partial charge in [0, 0.05) is 0 Å². The van der Waals surface area contributed by atoms with Crippen LogP contribution >= 0.6 is 0 Å². The Bertz CT molecular complexity index is 95.5. The molecule has 0 spiro atoms. The van der Waals surface area contributed by atoms with Crippen molar-refractivity contribution < 1.29 is 4.79 Å². The molecule has 3 heteroatoms. The molecule has 1 aliphatic rings. The van der Waals surface area contributed by atoms with Crippen molar-refractivity contribution in [1.82, 2.24) is 10.2 Å². The zero-order valence-electron chi connectivity index (χ0n) is 7.63. The lowest BCUT2D eigenvalue weighted by Crippen LogP contribution is -2.21. The van der Waals surface area contributed by atoms with E-state index in [0.29, 0.717) is 0 Å². The Morgan fingerprint density at radius 1 is 1.45 bits per heavy atom. The maximum atomic E-state index is 9.94. The summed E-state index contributed by atoms with van der Waals surface area (Å²) >= 11 is 0. The van der Waals surface area contributed by atoms with Gasteiger partial charge in [0.05, 0.1) is 6.04 Å². The van der Waals surface area contributed by atoms with E-state index in [0.717, 1.165) is 25.7 Å². The fraction of sp³-hybridized carbons (Fsp3) is 0.875. The van der Waals surface area contributed by atoms with Gasteiger partial charge in [-0.25, -0.2) is 0 Å². The molecule has 3 nitrogen and oxygen atoms in total. The highest BCUT2D eigenvalue weighted by Gasteiger charge is 2.10. The van der Waals surface area contributed by atoms with E-state index in [1.54, 1.807) is 0 Å². The van der Waals surface area contributed by atoms with Crippen LogP contribution in [0.1, 0.15) is 12.8 Å². The van der Waals surface area contributed by atoms with Crippen molar-refractivity contribution in [1.29, 1.82) is 0 Å². The van der Waals surface area contributed by atoms with Crippen LogP contribution in [-0.4, -0.2) is 44.9 Å². The molecule has 0 bridgehead atoms. The van der Waals surface area contributed by atoms with Crippen LogP contribution in [-0.2, 0) is 4.79 Å². The first-order valence-corrected chi connectivity index (χ1v) is 3.96. The Hall–Kier alpha value is -0.410. The normalized spacial score (nSPS) is 22.7. The largest absolute Gasteiger partial charge is 0.312 e. The molecular weight excluding hydrogens is 140 g/mol. The van der Waals surface area contributed by atoms with Crippen LogP contribution in [0.15, 0.2) is 0 Å². The molecule has 1 unspecified atom stereocenters. The summed E-state index contributed by atoms with van der Waals surface area (Å²) in [6.07, 6.45) is 3.17. The second-order valence-corrected chi connectivity index (χ2v) is 3.18. The van der Waals surface area contributed by atoms with Gasteiger partial charge in [-0.3, -0.25) is 0 Å². The molecule has 0 aromatic rings. The van der Waals surface area contributed by atoms with Crippen molar-refractivity contribution in [2.75, 3.05) is 27.7 Å². The number of carbonyl (C=O) groups is 1. The van der Waals surface area contributed by atoms with Crippen LogP contribution < -0.4 is 5.32 Å². The minimum atomic E-state index is 0.167. The average molecular weight is 158 g/mol. The Morgan fingerprint density at radius 3 is 2.18 bits per heavy atom. The summed E-state index contributed by atoms with van der Waals surface area (Å²) in [7, 11) is 6.00. The molecule has 1 rings (SSSR count). The summed E-state index contributed by atoms with van der Waals surface area (Å²) in [6, 6.07) is 0.167. The van der Waals surface area contributed by atoms with E-state index < -0.39 is 0 Å². The number of rotatable bonds is 1. The van der Waals surface area contributed by atoms with Crippen LogP contribution in [0.2, 0.25) is 0 Å². The van der Waals surface area contributed by atoms with Gasteiger partial charge >= 0.3 is 0 Å². The molecule has 1 N–H and O–H groups in total. The highest BCUT2D eigenvalue weighted by molar-refractivity contribution is 5.57. The summed E-state index contributed by atoms with van der Waals surface area (Å²) in [5.74, 6) is 0. The zero-order valence-corrected chi connectivity index (χ0v) is 7.63. The number of carbonyl (C=O) groups excluding carboxylic acids is 1. The predicted molar refractivity (Wildman–Crippen MR) is 46.7 cm³/mol. The molecule has 1 heterocycles. The summed E-state index contributed by atoms with van der Waals surface area (Å²) in [4.78, 5) is 11.9. The molecule has 1 fully saturated rings. The smallest absolute Gasteiger partial charge is 0.136 e. The van der Waals surface area contributed by atoms with Gasteiger partial charge < -0.3 is 15.0 Å². The fourth-order valence-corrected chi connectivity index (χ4v) is 0.828.